The Morgan fingerprint density at radius 1 is 1.31 bits per heavy atom. The zero-order valence-corrected chi connectivity index (χ0v) is 9.99. The van der Waals surface area contributed by atoms with Crippen molar-refractivity contribution in [2.24, 2.45) is 5.92 Å². The number of hydrogen-bond donors (Lipinski definition) is 1. The Bertz CT molecular complexity index is 125. The van der Waals surface area contributed by atoms with Crippen LogP contribution in [-0.2, 0) is 0 Å². The van der Waals surface area contributed by atoms with E-state index in [0.717, 1.165) is 18.0 Å². The fourth-order valence-electron chi connectivity index (χ4n) is 2.00. The molecule has 0 saturated carbocycles. The summed E-state index contributed by atoms with van der Waals surface area (Å²) in [6.07, 6.45) is 6.96. The minimum atomic E-state index is 0. The predicted octanol–water partition coefficient (Wildman–Crippen LogP) is 3.38. The lowest BCUT2D eigenvalue weighted by atomic mass is 9.94. The lowest BCUT2D eigenvalue weighted by Gasteiger charge is -2.29. The lowest BCUT2D eigenvalue weighted by molar-refractivity contribution is 0.307. The van der Waals surface area contributed by atoms with Crippen LogP contribution in [0.1, 0.15) is 52.9 Å². The molecule has 80 valence electrons. The van der Waals surface area contributed by atoms with Crippen molar-refractivity contribution in [1.82, 2.24) is 5.32 Å². The third-order valence-corrected chi connectivity index (χ3v) is 2.80. The Balaban J connectivity index is 0.00000144. The van der Waals surface area contributed by atoms with Gasteiger partial charge in [-0.1, -0.05) is 20.3 Å². The maximum Gasteiger partial charge on any atom is 0.00696 e. The Kier molecular flexibility index (Phi) is 6.79. The summed E-state index contributed by atoms with van der Waals surface area (Å²) in [7, 11) is 0. The fraction of sp³-hybridized carbons (Fsp3) is 1.00. The molecule has 1 aliphatic rings. The van der Waals surface area contributed by atoms with Gasteiger partial charge in [-0.2, -0.15) is 0 Å². The summed E-state index contributed by atoms with van der Waals surface area (Å²) in [4.78, 5) is 0. The minimum Gasteiger partial charge on any atom is -0.312 e. The molecule has 0 aromatic rings. The highest BCUT2D eigenvalue weighted by molar-refractivity contribution is 5.85. The largest absolute Gasteiger partial charge is 0.312 e. The second-order valence-corrected chi connectivity index (χ2v) is 4.67. The van der Waals surface area contributed by atoms with Gasteiger partial charge < -0.3 is 5.32 Å². The van der Waals surface area contributed by atoms with Gasteiger partial charge in [0, 0.05) is 12.1 Å². The SMILES string of the molecule is CC(C)CC[C@@H]1CCC[C@@H](C)N1.Cl. The van der Waals surface area contributed by atoms with Crippen molar-refractivity contribution in [3.8, 4) is 0 Å². The van der Waals surface area contributed by atoms with E-state index >= 15 is 0 Å². The van der Waals surface area contributed by atoms with Crippen LogP contribution in [0.15, 0.2) is 0 Å². The molecule has 0 spiro atoms. The monoisotopic (exact) mass is 205 g/mol. The Hall–Kier alpha value is 0.250. The molecule has 2 atom stereocenters. The standard InChI is InChI=1S/C11H23N.ClH/c1-9(2)7-8-11-6-4-5-10(3)12-11;/h9-12H,4-8H2,1-3H3;1H/t10-,11+;/m1./s1. The Labute approximate surface area is 89.1 Å². The molecular formula is C11H24ClN. The van der Waals surface area contributed by atoms with Crippen LogP contribution >= 0.6 is 12.4 Å². The summed E-state index contributed by atoms with van der Waals surface area (Å²) < 4.78 is 0. The van der Waals surface area contributed by atoms with Crippen LogP contribution in [0.5, 0.6) is 0 Å². The van der Waals surface area contributed by atoms with E-state index in [0.29, 0.717) is 0 Å². The average molecular weight is 206 g/mol. The first-order valence-electron chi connectivity index (χ1n) is 5.44. The molecule has 1 rings (SSSR count). The molecule has 1 heterocycles. The zero-order valence-electron chi connectivity index (χ0n) is 9.18. The summed E-state index contributed by atoms with van der Waals surface area (Å²) in [5, 5.41) is 3.67. The number of hydrogen-bond acceptors (Lipinski definition) is 1. The first-order chi connectivity index (χ1) is 5.68. The summed E-state index contributed by atoms with van der Waals surface area (Å²) in [5.41, 5.74) is 0. The molecule has 1 nitrogen and oxygen atoms in total. The average Bonchev–Trinajstić information content (AvgIpc) is 2.01. The normalized spacial score (nSPS) is 28.6. The van der Waals surface area contributed by atoms with E-state index in [4.69, 9.17) is 0 Å². The van der Waals surface area contributed by atoms with Gasteiger partial charge in [0.25, 0.3) is 0 Å². The first-order valence-corrected chi connectivity index (χ1v) is 5.44. The Morgan fingerprint density at radius 3 is 2.54 bits per heavy atom. The van der Waals surface area contributed by atoms with Gasteiger partial charge in [0.1, 0.15) is 0 Å². The van der Waals surface area contributed by atoms with Crippen molar-refractivity contribution >= 4 is 12.4 Å². The van der Waals surface area contributed by atoms with Gasteiger partial charge in [-0.15, -0.1) is 12.4 Å². The van der Waals surface area contributed by atoms with Crippen molar-refractivity contribution in [3.05, 3.63) is 0 Å². The topological polar surface area (TPSA) is 12.0 Å². The number of halogens is 1. The molecule has 0 radical (unpaired) electrons. The van der Waals surface area contributed by atoms with Crippen LogP contribution in [0.4, 0.5) is 0 Å². The van der Waals surface area contributed by atoms with Gasteiger partial charge >= 0.3 is 0 Å². The van der Waals surface area contributed by atoms with Crippen LogP contribution in [0, 0.1) is 5.92 Å². The van der Waals surface area contributed by atoms with E-state index in [1.54, 1.807) is 0 Å². The highest BCUT2D eigenvalue weighted by Crippen LogP contribution is 2.17. The zero-order chi connectivity index (χ0) is 8.97. The molecular weight excluding hydrogens is 182 g/mol. The van der Waals surface area contributed by atoms with Gasteiger partial charge in [-0.25, -0.2) is 0 Å². The first kappa shape index (κ1) is 13.2. The van der Waals surface area contributed by atoms with Crippen LogP contribution in [0.2, 0.25) is 0 Å². The maximum atomic E-state index is 3.67. The van der Waals surface area contributed by atoms with Crippen molar-refractivity contribution in [3.63, 3.8) is 0 Å². The van der Waals surface area contributed by atoms with Crippen molar-refractivity contribution in [2.75, 3.05) is 0 Å². The molecule has 0 aromatic heterocycles. The second-order valence-electron chi connectivity index (χ2n) is 4.67. The molecule has 1 aliphatic heterocycles. The molecule has 1 fully saturated rings. The molecule has 0 aliphatic carbocycles. The van der Waals surface area contributed by atoms with Gasteiger partial charge in [0.05, 0.1) is 0 Å². The van der Waals surface area contributed by atoms with Crippen LogP contribution in [0.25, 0.3) is 0 Å². The van der Waals surface area contributed by atoms with Crippen LogP contribution in [-0.4, -0.2) is 12.1 Å². The number of piperidine rings is 1. The van der Waals surface area contributed by atoms with Crippen molar-refractivity contribution in [1.29, 1.82) is 0 Å². The van der Waals surface area contributed by atoms with Crippen LogP contribution < -0.4 is 5.32 Å². The predicted molar refractivity (Wildman–Crippen MR) is 61.6 cm³/mol. The smallest absolute Gasteiger partial charge is 0.00696 e. The van der Waals surface area contributed by atoms with Gasteiger partial charge in [0.15, 0.2) is 0 Å². The van der Waals surface area contributed by atoms with Gasteiger partial charge in [0.2, 0.25) is 0 Å². The highest BCUT2D eigenvalue weighted by atomic mass is 35.5. The molecule has 0 bridgehead atoms. The third-order valence-electron chi connectivity index (χ3n) is 2.80. The summed E-state index contributed by atoms with van der Waals surface area (Å²) in [6, 6.07) is 1.58. The molecule has 0 amide bonds. The van der Waals surface area contributed by atoms with Crippen molar-refractivity contribution < 1.29 is 0 Å². The quantitative estimate of drug-likeness (QED) is 0.745. The van der Waals surface area contributed by atoms with Gasteiger partial charge in [-0.05, 0) is 38.5 Å². The van der Waals surface area contributed by atoms with E-state index in [-0.39, 0.29) is 12.4 Å². The molecule has 1 saturated heterocycles. The number of rotatable bonds is 3. The molecule has 2 heteroatoms. The van der Waals surface area contributed by atoms with Crippen molar-refractivity contribution in [2.45, 2.75) is 65.0 Å². The lowest BCUT2D eigenvalue weighted by Crippen LogP contribution is -2.40. The van der Waals surface area contributed by atoms with E-state index in [2.05, 4.69) is 26.1 Å². The summed E-state index contributed by atoms with van der Waals surface area (Å²) >= 11 is 0. The molecule has 0 aromatic carbocycles. The van der Waals surface area contributed by atoms with E-state index < -0.39 is 0 Å². The highest BCUT2D eigenvalue weighted by Gasteiger charge is 2.17. The molecule has 13 heavy (non-hydrogen) atoms. The minimum absolute atomic E-state index is 0. The fourth-order valence-corrected chi connectivity index (χ4v) is 2.00. The maximum absolute atomic E-state index is 3.67. The number of nitrogens with one attached hydrogen (secondary N) is 1. The van der Waals surface area contributed by atoms with E-state index in [9.17, 15) is 0 Å². The molecule has 1 N–H and O–H groups in total. The van der Waals surface area contributed by atoms with E-state index in [1.165, 1.54) is 32.1 Å². The summed E-state index contributed by atoms with van der Waals surface area (Å²) in [6.45, 7) is 6.93. The third kappa shape index (κ3) is 5.53. The Morgan fingerprint density at radius 2 is 2.00 bits per heavy atom. The van der Waals surface area contributed by atoms with Crippen LogP contribution in [0.3, 0.4) is 0 Å². The van der Waals surface area contributed by atoms with Gasteiger partial charge in [-0.3, -0.25) is 0 Å². The summed E-state index contributed by atoms with van der Waals surface area (Å²) in [5.74, 6) is 0.865. The molecule has 0 unspecified atom stereocenters. The second kappa shape index (κ2) is 6.67. The van der Waals surface area contributed by atoms with E-state index in [1.807, 2.05) is 0 Å².